The van der Waals surface area contributed by atoms with Gasteiger partial charge in [0.15, 0.2) is 6.10 Å². The van der Waals surface area contributed by atoms with Gasteiger partial charge in [-0.1, -0.05) is 256 Å². The van der Waals surface area contributed by atoms with Crippen molar-refractivity contribution in [3.8, 4) is 0 Å². The van der Waals surface area contributed by atoms with Crippen molar-refractivity contribution in [3.05, 3.63) is 48.6 Å². The molecule has 0 spiro atoms. The molecule has 0 heterocycles. The molecule has 60 heavy (non-hydrogen) atoms. The van der Waals surface area contributed by atoms with E-state index in [9.17, 15) is 9.59 Å². The number of carbonyl (C=O) groups is 2. The predicted octanol–water partition coefficient (Wildman–Crippen LogP) is 17.6. The monoisotopic (exact) mass is 841 g/mol. The summed E-state index contributed by atoms with van der Waals surface area (Å²) in [6.45, 7) is 7.68. The molecule has 5 nitrogen and oxygen atoms in total. The van der Waals surface area contributed by atoms with Crippen molar-refractivity contribution >= 4 is 11.9 Å². The molecular formula is C55H100O5. The van der Waals surface area contributed by atoms with Crippen LogP contribution in [0, 0.1) is 0 Å². The van der Waals surface area contributed by atoms with Crippen molar-refractivity contribution < 1.29 is 23.8 Å². The maximum atomic E-state index is 12.7. The van der Waals surface area contributed by atoms with E-state index < -0.39 is 6.10 Å². The normalized spacial score (nSPS) is 12.5. The van der Waals surface area contributed by atoms with Crippen LogP contribution in [0.4, 0.5) is 0 Å². The highest BCUT2D eigenvalue weighted by molar-refractivity contribution is 5.70. The predicted molar refractivity (Wildman–Crippen MR) is 261 cm³/mol. The largest absolute Gasteiger partial charge is 0.462 e. The molecule has 0 saturated carbocycles. The van der Waals surface area contributed by atoms with Crippen LogP contribution >= 0.6 is 0 Å². The molecule has 0 aliphatic carbocycles. The van der Waals surface area contributed by atoms with Gasteiger partial charge < -0.3 is 14.2 Å². The van der Waals surface area contributed by atoms with Gasteiger partial charge >= 0.3 is 11.9 Å². The fraction of sp³-hybridized carbons (Fsp3) is 0.818. The summed E-state index contributed by atoms with van der Waals surface area (Å²) >= 11 is 0. The highest BCUT2D eigenvalue weighted by Gasteiger charge is 2.17. The van der Waals surface area contributed by atoms with Crippen LogP contribution in [0.3, 0.4) is 0 Å². The van der Waals surface area contributed by atoms with Gasteiger partial charge in [-0.3, -0.25) is 9.59 Å². The average molecular weight is 841 g/mol. The molecule has 350 valence electrons. The van der Waals surface area contributed by atoms with E-state index in [-0.39, 0.29) is 25.2 Å². The lowest BCUT2D eigenvalue weighted by Crippen LogP contribution is -2.30. The van der Waals surface area contributed by atoms with E-state index in [4.69, 9.17) is 14.2 Å². The molecule has 0 N–H and O–H groups in total. The quantitative estimate of drug-likeness (QED) is 0.0347. The lowest BCUT2D eigenvalue weighted by atomic mass is 10.0. The number of ether oxygens (including phenoxy) is 3. The highest BCUT2D eigenvalue weighted by Crippen LogP contribution is 2.16. The first kappa shape index (κ1) is 57.9. The Morgan fingerprint density at radius 2 is 0.750 bits per heavy atom. The molecule has 1 unspecified atom stereocenters. The fourth-order valence-corrected chi connectivity index (χ4v) is 7.53. The summed E-state index contributed by atoms with van der Waals surface area (Å²) in [6.07, 6.45) is 62.8. The van der Waals surface area contributed by atoms with Crippen LogP contribution in [-0.4, -0.2) is 37.9 Å². The van der Waals surface area contributed by atoms with Crippen molar-refractivity contribution in [1.29, 1.82) is 0 Å². The molecule has 0 saturated heterocycles. The molecule has 5 heteroatoms. The Bertz CT molecular complexity index is 997. The number of allylic oxidation sites excluding steroid dienone is 8. The van der Waals surface area contributed by atoms with E-state index in [1.54, 1.807) is 0 Å². The number of esters is 2. The van der Waals surface area contributed by atoms with Crippen molar-refractivity contribution in [3.63, 3.8) is 0 Å². The van der Waals surface area contributed by atoms with Gasteiger partial charge in [0.05, 0.1) is 6.61 Å². The maximum absolute atomic E-state index is 12.7. The van der Waals surface area contributed by atoms with Gasteiger partial charge in [-0.15, -0.1) is 0 Å². The summed E-state index contributed by atoms with van der Waals surface area (Å²) in [5.41, 5.74) is 0. The van der Waals surface area contributed by atoms with Gasteiger partial charge in [0.25, 0.3) is 0 Å². The van der Waals surface area contributed by atoms with Gasteiger partial charge in [0, 0.05) is 19.4 Å². The lowest BCUT2D eigenvalue weighted by Gasteiger charge is -2.18. The summed E-state index contributed by atoms with van der Waals surface area (Å²) in [5, 5.41) is 0. The molecular weight excluding hydrogens is 741 g/mol. The van der Waals surface area contributed by atoms with Crippen LogP contribution in [0.15, 0.2) is 48.6 Å². The van der Waals surface area contributed by atoms with Gasteiger partial charge in [-0.05, 0) is 44.9 Å². The third-order valence-electron chi connectivity index (χ3n) is 11.4. The van der Waals surface area contributed by atoms with Crippen LogP contribution in [0.1, 0.15) is 265 Å². The van der Waals surface area contributed by atoms with Crippen LogP contribution in [0.5, 0.6) is 0 Å². The molecule has 0 radical (unpaired) electrons. The van der Waals surface area contributed by atoms with Gasteiger partial charge in [-0.2, -0.15) is 0 Å². The molecule has 0 bridgehead atoms. The molecule has 1 atom stereocenters. The minimum atomic E-state index is -0.568. The smallest absolute Gasteiger partial charge is 0.306 e. The van der Waals surface area contributed by atoms with E-state index in [0.717, 1.165) is 51.4 Å². The Kier molecular flexibility index (Phi) is 49.4. The summed E-state index contributed by atoms with van der Waals surface area (Å²) in [6, 6.07) is 0. The molecule has 0 amide bonds. The number of unbranched alkanes of at least 4 members (excludes halogenated alkanes) is 29. The second-order valence-electron chi connectivity index (χ2n) is 17.4. The van der Waals surface area contributed by atoms with E-state index >= 15 is 0 Å². The first-order valence-corrected chi connectivity index (χ1v) is 26.2. The number of rotatable bonds is 48. The average Bonchev–Trinajstić information content (AvgIpc) is 3.25. The first-order valence-electron chi connectivity index (χ1n) is 26.2. The van der Waals surface area contributed by atoms with Gasteiger partial charge in [0.1, 0.15) is 6.61 Å². The Morgan fingerprint density at radius 3 is 1.17 bits per heavy atom. The summed E-state index contributed by atoms with van der Waals surface area (Å²) in [4.78, 5) is 25.3. The maximum Gasteiger partial charge on any atom is 0.306 e. The summed E-state index contributed by atoms with van der Waals surface area (Å²) in [7, 11) is 0. The van der Waals surface area contributed by atoms with E-state index in [2.05, 4.69) is 63.3 Å². The minimum Gasteiger partial charge on any atom is -0.462 e. The lowest BCUT2D eigenvalue weighted by molar-refractivity contribution is -0.162. The van der Waals surface area contributed by atoms with Crippen LogP contribution in [-0.2, 0) is 23.8 Å². The zero-order valence-electron chi connectivity index (χ0n) is 40.2. The highest BCUT2D eigenvalue weighted by atomic mass is 16.6. The molecule has 0 aromatic rings. The number of hydrogen-bond donors (Lipinski definition) is 0. The van der Waals surface area contributed by atoms with Crippen molar-refractivity contribution in [2.45, 2.75) is 271 Å². The number of hydrogen-bond acceptors (Lipinski definition) is 5. The standard InChI is InChI=1S/C55H100O5/c1-4-7-10-13-16-19-22-25-26-27-28-29-30-32-33-36-39-42-45-48-54(56)59-52-53(51-58-50-47-44-41-38-35-24-21-18-15-12-9-6-3)60-55(57)49-46-43-40-37-34-31-23-20-17-14-11-8-5-2/h8,11,17,20,31,34,40,43,53H,4-7,9-10,12-16,18-19,21-30,32-33,35-39,41-42,44-52H2,1-3H3/b11-8-,20-17-,34-31-,43-40-. The Labute approximate surface area is 373 Å². The molecule has 0 aliphatic rings. The summed E-state index contributed by atoms with van der Waals surface area (Å²) in [5.74, 6) is -0.477. The molecule has 0 aliphatic heterocycles. The zero-order chi connectivity index (χ0) is 43.5. The minimum absolute atomic E-state index is 0.0616. The Hall–Kier alpha value is -2.14. The topological polar surface area (TPSA) is 61.8 Å². The Balaban J connectivity index is 4.24. The second-order valence-corrected chi connectivity index (χ2v) is 17.4. The molecule has 0 fully saturated rings. The van der Waals surface area contributed by atoms with Crippen LogP contribution < -0.4 is 0 Å². The van der Waals surface area contributed by atoms with Gasteiger partial charge in [0.2, 0.25) is 0 Å². The second kappa shape index (κ2) is 51.2. The third kappa shape index (κ3) is 48.5. The zero-order valence-corrected chi connectivity index (χ0v) is 40.2. The number of carbonyl (C=O) groups excluding carboxylic acids is 2. The van der Waals surface area contributed by atoms with Crippen LogP contribution in [0.25, 0.3) is 0 Å². The van der Waals surface area contributed by atoms with Crippen molar-refractivity contribution in [2.24, 2.45) is 0 Å². The van der Waals surface area contributed by atoms with E-state index in [1.807, 2.05) is 6.08 Å². The van der Waals surface area contributed by atoms with Crippen LogP contribution in [0.2, 0.25) is 0 Å². The fourth-order valence-electron chi connectivity index (χ4n) is 7.53. The van der Waals surface area contributed by atoms with Gasteiger partial charge in [-0.25, -0.2) is 0 Å². The third-order valence-corrected chi connectivity index (χ3v) is 11.4. The molecule has 0 rings (SSSR count). The van der Waals surface area contributed by atoms with E-state index in [1.165, 1.54) is 173 Å². The van der Waals surface area contributed by atoms with E-state index in [0.29, 0.717) is 25.9 Å². The SMILES string of the molecule is CC/C=C\C/C=C\C/C=C\C/C=C\CCC(=O)OC(COCCCCCCCCCCCCCC)COC(=O)CCCCCCCCCCCCCCCCCCCCC. The Morgan fingerprint density at radius 1 is 0.383 bits per heavy atom. The summed E-state index contributed by atoms with van der Waals surface area (Å²) < 4.78 is 17.3. The molecule has 0 aromatic heterocycles. The first-order chi connectivity index (χ1) is 29.6. The van der Waals surface area contributed by atoms with Crippen molar-refractivity contribution in [2.75, 3.05) is 19.8 Å². The molecule has 0 aromatic carbocycles. The van der Waals surface area contributed by atoms with Crippen molar-refractivity contribution in [1.82, 2.24) is 0 Å².